The lowest BCUT2D eigenvalue weighted by atomic mass is 10.2. The molecule has 0 aliphatic heterocycles. The highest BCUT2D eigenvalue weighted by molar-refractivity contribution is 6.60. The molecule has 8 heteroatoms. The quantitative estimate of drug-likeness (QED) is 0.364. The molecule has 0 amide bonds. The summed E-state index contributed by atoms with van der Waals surface area (Å²) in [5, 5.41) is 12.5. The molecule has 0 saturated carbocycles. The van der Waals surface area contributed by atoms with Gasteiger partial charge in [0.2, 0.25) is 0 Å². The molecule has 1 N–H and O–H groups in total. The number of benzene rings is 1. The number of nitro groups is 1. The molecule has 4 nitrogen and oxygen atoms in total. The van der Waals surface area contributed by atoms with E-state index in [-0.39, 0.29) is 15.2 Å². The lowest BCUT2D eigenvalue weighted by Crippen LogP contribution is -2.07. The van der Waals surface area contributed by atoms with E-state index in [1.54, 1.807) is 18.2 Å². The molecule has 1 aromatic carbocycles. The molecular formula is C11H8Cl4N2O2. The van der Waals surface area contributed by atoms with Crippen LogP contribution in [0.5, 0.6) is 0 Å². The van der Waals surface area contributed by atoms with Crippen molar-refractivity contribution in [3.63, 3.8) is 0 Å². The summed E-state index contributed by atoms with van der Waals surface area (Å²) in [5.74, 6) is 0. The molecule has 0 spiro atoms. The van der Waals surface area contributed by atoms with Crippen LogP contribution in [0.1, 0.15) is 5.56 Å². The molecule has 0 bridgehead atoms. The number of nitrogens with one attached hydrogen (secondary N) is 1. The van der Waals surface area contributed by atoms with E-state index in [2.05, 4.69) is 5.32 Å². The molecule has 1 aromatic rings. The van der Waals surface area contributed by atoms with Crippen LogP contribution in [0.25, 0.3) is 0 Å². The third-order valence-corrected chi connectivity index (χ3v) is 3.32. The van der Waals surface area contributed by atoms with Crippen molar-refractivity contribution in [2.45, 2.75) is 6.92 Å². The van der Waals surface area contributed by atoms with E-state index in [4.69, 9.17) is 46.4 Å². The predicted molar refractivity (Wildman–Crippen MR) is 79.3 cm³/mol. The van der Waals surface area contributed by atoms with Gasteiger partial charge in [-0.1, -0.05) is 46.9 Å². The van der Waals surface area contributed by atoms with Gasteiger partial charge in [-0.05, 0) is 36.2 Å². The molecule has 0 aromatic heterocycles. The average molecular weight is 342 g/mol. The second-order valence-corrected chi connectivity index (χ2v) is 5.18. The Morgan fingerprint density at radius 2 is 1.89 bits per heavy atom. The number of halogens is 4. The average Bonchev–Trinajstić information content (AvgIpc) is 2.34. The van der Waals surface area contributed by atoms with E-state index < -0.39 is 10.1 Å². The van der Waals surface area contributed by atoms with Crippen LogP contribution in [0.15, 0.2) is 44.6 Å². The summed E-state index contributed by atoms with van der Waals surface area (Å²) in [6.07, 6.45) is 0. The van der Waals surface area contributed by atoms with E-state index in [0.717, 1.165) is 5.56 Å². The van der Waals surface area contributed by atoms with Crippen LogP contribution in [0.2, 0.25) is 0 Å². The van der Waals surface area contributed by atoms with E-state index in [1.165, 1.54) is 0 Å². The largest absolute Gasteiger partial charge is 0.362 e. The van der Waals surface area contributed by atoms with Gasteiger partial charge in [-0.3, -0.25) is 10.1 Å². The zero-order chi connectivity index (χ0) is 14.6. The topological polar surface area (TPSA) is 55.2 Å². The van der Waals surface area contributed by atoms with Crippen molar-refractivity contribution in [1.29, 1.82) is 0 Å². The maximum Gasteiger partial charge on any atom is 0.362 e. The first kappa shape index (κ1) is 16.1. The number of hydrogen-bond donors (Lipinski definition) is 1. The Hall–Kier alpha value is -0.940. The maximum absolute atomic E-state index is 10.7. The summed E-state index contributed by atoms with van der Waals surface area (Å²) in [4.78, 5) is 9.94. The molecule has 19 heavy (non-hydrogen) atoms. The molecule has 0 saturated heterocycles. The first-order valence-electron chi connectivity index (χ1n) is 4.92. The lowest BCUT2D eigenvalue weighted by molar-refractivity contribution is -0.413. The molecule has 102 valence electrons. The van der Waals surface area contributed by atoms with Crippen molar-refractivity contribution < 1.29 is 4.92 Å². The summed E-state index contributed by atoms with van der Waals surface area (Å²) < 4.78 is -0.322. The van der Waals surface area contributed by atoms with Crippen LogP contribution < -0.4 is 5.32 Å². The highest BCUT2D eigenvalue weighted by Crippen LogP contribution is 2.30. The Balaban J connectivity index is 3.25. The van der Waals surface area contributed by atoms with Crippen LogP contribution in [0.4, 0.5) is 5.69 Å². The van der Waals surface area contributed by atoms with E-state index in [1.807, 2.05) is 13.0 Å². The zero-order valence-electron chi connectivity index (χ0n) is 9.58. The highest BCUT2D eigenvalue weighted by Gasteiger charge is 2.21. The second kappa shape index (κ2) is 7.01. The van der Waals surface area contributed by atoms with Gasteiger partial charge in [0.05, 0.1) is 4.92 Å². The van der Waals surface area contributed by atoms with Gasteiger partial charge >= 0.3 is 5.16 Å². The van der Waals surface area contributed by atoms with Gasteiger partial charge in [0, 0.05) is 5.69 Å². The fourth-order valence-electron chi connectivity index (χ4n) is 1.25. The number of nitrogens with zero attached hydrogens (tertiary/aromatic N) is 1. The van der Waals surface area contributed by atoms with Gasteiger partial charge in [-0.25, -0.2) is 0 Å². The van der Waals surface area contributed by atoms with Crippen molar-refractivity contribution in [1.82, 2.24) is 0 Å². The summed E-state index contributed by atoms with van der Waals surface area (Å²) in [6, 6.07) is 7.10. The highest BCUT2D eigenvalue weighted by atomic mass is 35.5. The minimum atomic E-state index is -0.793. The number of hydrogen-bond acceptors (Lipinski definition) is 3. The Morgan fingerprint density at radius 1 is 1.26 bits per heavy atom. The number of aryl methyl sites for hydroxylation is 1. The minimum Gasteiger partial charge on any atom is -0.348 e. The normalized spacial score (nSPS) is 11.6. The number of rotatable bonds is 4. The van der Waals surface area contributed by atoms with Crippen LogP contribution in [0.3, 0.4) is 0 Å². The van der Waals surface area contributed by atoms with Crippen molar-refractivity contribution >= 4 is 52.1 Å². The minimum absolute atomic E-state index is 0.168. The monoisotopic (exact) mass is 340 g/mol. The first-order valence-corrected chi connectivity index (χ1v) is 6.43. The van der Waals surface area contributed by atoms with Gasteiger partial charge < -0.3 is 5.32 Å². The van der Waals surface area contributed by atoms with Crippen molar-refractivity contribution in [2.75, 3.05) is 5.32 Å². The molecular weight excluding hydrogens is 334 g/mol. The lowest BCUT2D eigenvalue weighted by Gasteiger charge is -2.10. The maximum atomic E-state index is 10.7. The molecule has 1 rings (SSSR count). The van der Waals surface area contributed by atoms with Gasteiger partial charge in [0.1, 0.15) is 9.52 Å². The third kappa shape index (κ3) is 4.58. The van der Waals surface area contributed by atoms with E-state index >= 15 is 0 Å². The molecule has 0 unspecified atom stereocenters. The Kier molecular flexibility index (Phi) is 5.94. The summed E-state index contributed by atoms with van der Waals surface area (Å²) in [5.41, 5.74) is 1.36. The Morgan fingerprint density at radius 3 is 2.37 bits per heavy atom. The SMILES string of the molecule is Cc1cccc(N/C(C(Cl)=C(Cl)Cl)=C(\Cl)[N+](=O)[O-])c1. The van der Waals surface area contributed by atoms with Crippen molar-refractivity contribution in [2.24, 2.45) is 0 Å². The number of allylic oxidation sites excluding steroid dienone is 1. The summed E-state index contributed by atoms with van der Waals surface area (Å²) in [6.45, 7) is 1.87. The van der Waals surface area contributed by atoms with Crippen LogP contribution >= 0.6 is 46.4 Å². The summed E-state index contributed by atoms with van der Waals surface area (Å²) >= 11 is 22.5. The fraction of sp³-hybridized carbons (Fsp3) is 0.0909. The molecule has 0 aliphatic carbocycles. The molecule has 0 heterocycles. The van der Waals surface area contributed by atoms with Gasteiger partial charge in [0.25, 0.3) is 0 Å². The van der Waals surface area contributed by atoms with E-state index in [9.17, 15) is 10.1 Å². The van der Waals surface area contributed by atoms with Crippen molar-refractivity contribution in [3.05, 3.63) is 60.3 Å². The Bertz CT molecular complexity index is 566. The summed E-state index contributed by atoms with van der Waals surface area (Å²) in [7, 11) is 0. The van der Waals surface area contributed by atoms with Gasteiger partial charge in [-0.15, -0.1) is 0 Å². The smallest absolute Gasteiger partial charge is 0.348 e. The predicted octanol–water partition coefficient (Wildman–Crippen LogP) is 4.98. The molecule has 0 aliphatic rings. The zero-order valence-corrected chi connectivity index (χ0v) is 12.6. The Labute approximate surface area is 129 Å². The van der Waals surface area contributed by atoms with Crippen LogP contribution in [-0.2, 0) is 0 Å². The molecule has 0 radical (unpaired) electrons. The van der Waals surface area contributed by atoms with E-state index in [0.29, 0.717) is 5.69 Å². The van der Waals surface area contributed by atoms with Gasteiger partial charge in [0.15, 0.2) is 5.70 Å². The second-order valence-electron chi connectivity index (χ2n) is 3.49. The molecule has 0 fully saturated rings. The third-order valence-electron chi connectivity index (χ3n) is 2.04. The standard InChI is InChI=1S/C11H8Cl4N2O2/c1-6-3-2-4-7(5-6)16-9(8(12)10(13)14)11(15)17(18)19/h2-5,16H,1H3/b11-9+. The first-order chi connectivity index (χ1) is 8.82. The molecule has 0 atom stereocenters. The number of anilines is 1. The van der Waals surface area contributed by atoms with Crippen LogP contribution in [-0.4, -0.2) is 4.92 Å². The fourth-order valence-corrected chi connectivity index (χ4v) is 1.77. The van der Waals surface area contributed by atoms with Crippen molar-refractivity contribution in [3.8, 4) is 0 Å². The van der Waals surface area contributed by atoms with Crippen LogP contribution in [0, 0.1) is 17.0 Å². The van der Waals surface area contributed by atoms with Gasteiger partial charge in [-0.2, -0.15) is 0 Å².